The molecule has 1 aromatic carbocycles. The molecule has 3 rings (SSSR count). The lowest BCUT2D eigenvalue weighted by Crippen LogP contribution is -2.42. The molecule has 2 amide bonds. The highest BCUT2D eigenvalue weighted by atomic mass is 35.5. The van der Waals surface area contributed by atoms with Crippen molar-refractivity contribution >= 4 is 57.8 Å². The first-order valence-corrected chi connectivity index (χ1v) is 10.3. The zero-order valence-corrected chi connectivity index (χ0v) is 18.8. The number of anilines is 1. The Morgan fingerprint density at radius 3 is 2.59 bits per heavy atom. The number of carbonyl (C=O) groups is 3. The molecule has 8 heteroatoms. The van der Waals surface area contributed by atoms with Gasteiger partial charge in [-0.1, -0.05) is 17.7 Å². The van der Waals surface area contributed by atoms with Crippen molar-refractivity contribution in [1.29, 1.82) is 0 Å². The van der Waals surface area contributed by atoms with Crippen molar-refractivity contribution in [3.05, 3.63) is 39.3 Å². The van der Waals surface area contributed by atoms with Crippen LogP contribution in [0.25, 0.3) is 11.6 Å². The molecule has 0 aromatic heterocycles. The molecule has 0 aliphatic carbocycles. The number of ether oxygens (including phenoxy) is 1. The van der Waals surface area contributed by atoms with Crippen molar-refractivity contribution in [3.63, 3.8) is 0 Å². The van der Waals surface area contributed by atoms with E-state index in [0.717, 1.165) is 33.5 Å². The third-order valence-corrected chi connectivity index (χ3v) is 6.59. The van der Waals surface area contributed by atoms with E-state index in [1.165, 1.54) is 14.0 Å². The Hall–Kier alpha value is -2.25. The van der Waals surface area contributed by atoms with E-state index in [1.807, 2.05) is 26.1 Å². The molecule has 1 fully saturated rings. The fourth-order valence-electron chi connectivity index (χ4n) is 3.53. The molecule has 2 heterocycles. The van der Waals surface area contributed by atoms with Crippen molar-refractivity contribution in [3.8, 4) is 0 Å². The predicted molar refractivity (Wildman–Crippen MR) is 117 cm³/mol. The van der Waals surface area contributed by atoms with Crippen LogP contribution in [0.1, 0.15) is 38.8 Å². The van der Waals surface area contributed by atoms with Gasteiger partial charge in [-0.2, -0.15) is 0 Å². The number of thioether (sulfide) groups is 1. The van der Waals surface area contributed by atoms with Crippen LogP contribution in [0.3, 0.4) is 0 Å². The lowest BCUT2D eigenvalue weighted by molar-refractivity contribution is -0.148. The number of fused-ring (bicyclic) bond motifs is 1. The van der Waals surface area contributed by atoms with Crippen LogP contribution >= 0.6 is 23.4 Å². The summed E-state index contributed by atoms with van der Waals surface area (Å²) in [5.74, 6) is -1.18. The molecule has 2 aliphatic rings. The fourth-order valence-corrected chi connectivity index (χ4v) is 4.64. The molecule has 1 saturated heterocycles. The monoisotopic (exact) mass is 434 g/mol. The van der Waals surface area contributed by atoms with Crippen LogP contribution in [0.15, 0.2) is 23.1 Å². The number of hydrogen-bond donors (Lipinski definition) is 0. The molecule has 1 atom stereocenters. The molecular weight excluding hydrogens is 412 g/mol. The minimum atomic E-state index is -0.988. The number of benzene rings is 1. The van der Waals surface area contributed by atoms with Crippen LogP contribution in [0.5, 0.6) is 0 Å². The highest BCUT2D eigenvalue weighted by Gasteiger charge is 2.41. The van der Waals surface area contributed by atoms with Gasteiger partial charge in [0.25, 0.3) is 11.1 Å². The van der Waals surface area contributed by atoms with Gasteiger partial charge in [0.05, 0.1) is 17.6 Å². The van der Waals surface area contributed by atoms with Crippen molar-refractivity contribution in [2.75, 3.05) is 19.1 Å². The maximum atomic E-state index is 12.7. The SMILES string of the molecule is COC(=O)C(C)N1C(=O)S/C(=C/c2cc3c(cc2Cl)N(C)C(C)(C)C=C3C)C1=O. The molecule has 6 nitrogen and oxygen atoms in total. The first-order valence-electron chi connectivity index (χ1n) is 9.10. The summed E-state index contributed by atoms with van der Waals surface area (Å²) in [6.45, 7) is 7.75. The highest BCUT2D eigenvalue weighted by Crippen LogP contribution is 2.42. The van der Waals surface area contributed by atoms with E-state index in [9.17, 15) is 14.4 Å². The van der Waals surface area contributed by atoms with E-state index in [0.29, 0.717) is 10.6 Å². The number of hydrogen-bond acceptors (Lipinski definition) is 6. The van der Waals surface area contributed by atoms with Crippen molar-refractivity contribution in [2.45, 2.75) is 39.3 Å². The maximum Gasteiger partial charge on any atom is 0.328 e. The number of methoxy groups -OCH3 is 1. The van der Waals surface area contributed by atoms with Gasteiger partial charge in [-0.15, -0.1) is 0 Å². The van der Waals surface area contributed by atoms with E-state index >= 15 is 0 Å². The molecule has 0 saturated carbocycles. The number of allylic oxidation sites excluding steroid dienone is 1. The zero-order chi connectivity index (χ0) is 21.7. The normalized spacial score (nSPS) is 20.7. The van der Waals surface area contributed by atoms with Gasteiger partial charge in [0, 0.05) is 23.3 Å². The third kappa shape index (κ3) is 3.69. The summed E-state index contributed by atoms with van der Waals surface area (Å²) in [6, 6.07) is 2.81. The molecule has 29 heavy (non-hydrogen) atoms. The quantitative estimate of drug-likeness (QED) is 0.512. The Bertz CT molecular complexity index is 983. The van der Waals surface area contributed by atoms with Crippen LogP contribution in [-0.2, 0) is 14.3 Å². The van der Waals surface area contributed by atoms with Gasteiger partial charge in [0.1, 0.15) is 6.04 Å². The topological polar surface area (TPSA) is 66.9 Å². The lowest BCUT2D eigenvalue weighted by Gasteiger charge is -2.40. The van der Waals surface area contributed by atoms with E-state index in [4.69, 9.17) is 11.6 Å². The molecule has 0 radical (unpaired) electrons. The number of carbonyl (C=O) groups excluding carboxylic acids is 3. The Labute approximate surface area is 179 Å². The van der Waals surface area contributed by atoms with Crippen LogP contribution in [-0.4, -0.2) is 47.8 Å². The highest BCUT2D eigenvalue weighted by molar-refractivity contribution is 8.18. The second-order valence-corrected chi connectivity index (χ2v) is 9.08. The third-order valence-electron chi connectivity index (χ3n) is 5.38. The standard InChI is InChI=1S/C21H23ClN2O4S/c1-11-10-21(3,4)23(5)16-9-15(22)13(7-14(11)16)8-17-18(25)24(20(27)29-17)12(2)19(26)28-6/h7-10,12H,1-6H3/b17-8+. The van der Waals surface area contributed by atoms with Gasteiger partial charge in [-0.25, -0.2) is 4.79 Å². The summed E-state index contributed by atoms with van der Waals surface area (Å²) in [5, 5.41) is -0.0280. The van der Waals surface area contributed by atoms with Crippen LogP contribution in [0.2, 0.25) is 5.02 Å². The molecule has 1 unspecified atom stereocenters. The largest absolute Gasteiger partial charge is 0.467 e. The maximum absolute atomic E-state index is 12.7. The van der Waals surface area contributed by atoms with Gasteiger partial charge in [-0.3, -0.25) is 14.5 Å². The van der Waals surface area contributed by atoms with Crippen molar-refractivity contribution in [1.82, 2.24) is 4.90 Å². The number of rotatable bonds is 3. The second kappa shape index (κ2) is 7.54. The average Bonchev–Trinajstić information content (AvgIpc) is 2.92. The molecular formula is C21H23ClN2O4S. The Morgan fingerprint density at radius 2 is 1.97 bits per heavy atom. The first kappa shape index (κ1) is 21.5. The van der Waals surface area contributed by atoms with Crippen molar-refractivity contribution in [2.24, 2.45) is 0 Å². The smallest absolute Gasteiger partial charge is 0.328 e. The molecule has 154 valence electrons. The molecule has 2 aliphatic heterocycles. The minimum absolute atomic E-state index is 0.144. The number of nitrogens with zero attached hydrogens (tertiary/aromatic N) is 2. The average molecular weight is 435 g/mol. The number of esters is 1. The van der Waals surface area contributed by atoms with Gasteiger partial charge in [0.15, 0.2) is 0 Å². The van der Waals surface area contributed by atoms with Crippen LogP contribution < -0.4 is 4.90 Å². The molecule has 0 bridgehead atoms. The summed E-state index contributed by atoms with van der Waals surface area (Å²) < 4.78 is 4.65. The Kier molecular flexibility index (Phi) is 5.58. The number of imide groups is 1. The van der Waals surface area contributed by atoms with Gasteiger partial charge in [-0.05, 0) is 68.8 Å². The van der Waals surface area contributed by atoms with Crippen molar-refractivity contribution < 1.29 is 19.1 Å². The predicted octanol–water partition coefficient (Wildman–Crippen LogP) is 4.57. The zero-order valence-electron chi connectivity index (χ0n) is 17.2. The fraction of sp³-hybridized carbons (Fsp3) is 0.381. The van der Waals surface area contributed by atoms with Gasteiger partial charge in [0.2, 0.25) is 0 Å². The van der Waals surface area contributed by atoms with E-state index in [-0.39, 0.29) is 10.4 Å². The van der Waals surface area contributed by atoms with Gasteiger partial charge < -0.3 is 9.64 Å². The van der Waals surface area contributed by atoms with E-state index < -0.39 is 23.2 Å². The van der Waals surface area contributed by atoms with E-state index in [1.54, 1.807) is 6.08 Å². The summed E-state index contributed by atoms with van der Waals surface area (Å²) in [6.07, 6.45) is 3.78. The Balaban J connectivity index is 2.00. The Morgan fingerprint density at radius 1 is 1.31 bits per heavy atom. The molecule has 1 aromatic rings. The van der Waals surface area contributed by atoms with Crippen LogP contribution in [0, 0.1) is 0 Å². The summed E-state index contributed by atoms with van der Waals surface area (Å²) >= 11 is 7.30. The first-order chi connectivity index (χ1) is 13.5. The van der Waals surface area contributed by atoms with Crippen LogP contribution in [0.4, 0.5) is 10.5 Å². The lowest BCUT2D eigenvalue weighted by atomic mass is 9.88. The summed E-state index contributed by atoms with van der Waals surface area (Å²) in [7, 11) is 3.23. The van der Waals surface area contributed by atoms with E-state index in [2.05, 4.69) is 29.6 Å². The number of amides is 2. The molecule has 0 N–H and O–H groups in total. The number of halogens is 1. The molecule has 0 spiro atoms. The summed E-state index contributed by atoms with van der Waals surface area (Å²) in [5.41, 5.74) is 3.63. The minimum Gasteiger partial charge on any atom is -0.467 e. The second-order valence-electron chi connectivity index (χ2n) is 7.68. The van der Waals surface area contributed by atoms with Gasteiger partial charge >= 0.3 is 5.97 Å². The summed E-state index contributed by atoms with van der Waals surface area (Å²) in [4.78, 5) is 40.1. The number of likely N-dealkylation sites (N-methyl/N-ethyl adjacent to an activating group) is 1.